The Labute approximate surface area is 126 Å². The minimum atomic E-state index is -0.257. The fourth-order valence-corrected chi connectivity index (χ4v) is 2.49. The fraction of sp³-hybridized carbons (Fsp3) is 0.211. The molecule has 0 heterocycles. The molecule has 0 spiro atoms. The number of ketones is 1. The Morgan fingerprint density at radius 3 is 2.10 bits per heavy atom. The highest BCUT2D eigenvalue weighted by atomic mass is 16.1. The smallest absolute Gasteiger partial charge is 0.185 e. The number of anilines is 1. The second-order valence-corrected chi connectivity index (χ2v) is 5.22. The lowest BCUT2D eigenvalue weighted by molar-refractivity contribution is 0.0944. The molecule has 0 saturated heterocycles. The lowest BCUT2D eigenvalue weighted by atomic mass is 9.92. The first-order valence-electron chi connectivity index (χ1n) is 7.15. The van der Waals surface area contributed by atoms with Crippen molar-refractivity contribution < 1.29 is 4.79 Å². The van der Waals surface area contributed by atoms with Crippen LogP contribution in [0, 0.1) is 5.92 Å². The normalized spacial score (nSPS) is 13.2. The van der Waals surface area contributed by atoms with Crippen LogP contribution < -0.4 is 4.90 Å². The number of rotatable bonds is 6. The highest BCUT2D eigenvalue weighted by Gasteiger charge is 2.28. The van der Waals surface area contributed by atoms with Gasteiger partial charge in [-0.2, -0.15) is 0 Å². The Bertz CT molecular complexity index is 591. The van der Waals surface area contributed by atoms with Gasteiger partial charge in [-0.25, -0.2) is 0 Å². The molecule has 0 aromatic heterocycles. The number of benzene rings is 2. The average molecular weight is 279 g/mol. The summed E-state index contributed by atoms with van der Waals surface area (Å²) in [7, 11) is 1.96. The molecule has 0 aliphatic carbocycles. The molecule has 108 valence electrons. The van der Waals surface area contributed by atoms with Crippen LogP contribution in [0.15, 0.2) is 73.3 Å². The SMILES string of the molecule is C=CC(C)C(C(=O)c1ccccc1)N(C)c1ccccc1. The van der Waals surface area contributed by atoms with Crippen molar-refractivity contribution in [3.8, 4) is 0 Å². The zero-order valence-corrected chi connectivity index (χ0v) is 12.6. The summed E-state index contributed by atoms with van der Waals surface area (Å²) < 4.78 is 0. The van der Waals surface area contributed by atoms with Gasteiger partial charge in [0.15, 0.2) is 5.78 Å². The molecule has 0 bridgehead atoms. The zero-order chi connectivity index (χ0) is 15.2. The molecule has 0 aliphatic rings. The number of carbonyl (C=O) groups excluding carboxylic acids is 1. The molecule has 2 unspecified atom stereocenters. The van der Waals surface area contributed by atoms with Gasteiger partial charge in [0.25, 0.3) is 0 Å². The standard InChI is InChI=1S/C19H21NO/c1-4-15(2)18(19(21)16-11-7-5-8-12-16)20(3)17-13-9-6-10-14-17/h4-15,18H,1H2,2-3H3. The van der Waals surface area contributed by atoms with Gasteiger partial charge in [0.1, 0.15) is 0 Å². The van der Waals surface area contributed by atoms with Crippen molar-refractivity contribution in [1.29, 1.82) is 0 Å². The summed E-state index contributed by atoms with van der Waals surface area (Å²) in [5.41, 5.74) is 1.76. The van der Waals surface area contributed by atoms with Gasteiger partial charge in [0, 0.05) is 24.2 Å². The Morgan fingerprint density at radius 2 is 1.57 bits per heavy atom. The van der Waals surface area contributed by atoms with Gasteiger partial charge in [-0.15, -0.1) is 6.58 Å². The zero-order valence-electron chi connectivity index (χ0n) is 12.6. The molecule has 0 N–H and O–H groups in total. The van der Waals surface area contributed by atoms with Gasteiger partial charge in [-0.3, -0.25) is 4.79 Å². The van der Waals surface area contributed by atoms with Crippen molar-refractivity contribution in [2.75, 3.05) is 11.9 Å². The first-order valence-corrected chi connectivity index (χ1v) is 7.15. The molecule has 2 heteroatoms. The highest BCUT2D eigenvalue weighted by molar-refractivity contribution is 6.02. The van der Waals surface area contributed by atoms with Gasteiger partial charge < -0.3 is 4.90 Å². The van der Waals surface area contributed by atoms with Crippen LogP contribution in [0.4, 0.5) is 5.69 Å². The largest absolute Gasteiger partial charge is 0.364 e. The topological polar surface area (TPSA) is 20.3 Å². The van der Waals surface area contributed by atoms with Crippen molar-refractivity contribution in [1.82, 2.24) is 0 Å². The van der Waals surface area contributed by atoms with E-state index in [9.17, 15) is 4.79 Å². The molecule has 0 fully saturated rings. The van der Waals surface area contributed by atoms with Crippen LogP contribution >= 0.6 is 0 Å². The van der Waals surface area contributed by atoms with Gasteiger partial charge in [-0.05, 0) is 12.1 Å². The molecule has 0 amide bonds. The maximum absolute atomic E-state index is 12.9. The summed E-state index contributed by atoms with van der Waals surface area (Å²) in [6.07, 6.45) is 1.84. The molecule has 2 rings (SSSR count). The number of para-hydroxylation sites is 1. The lowest BCUT2D eigenvalue weighted by Gasteiger charge is -2.32. The summed E-state index contributed by atoms with van der Waals surface area (Å²) in [6.45, 7) is 5.88. The quantitative estimate of drug-likeness (QED) is 0.583. The van der Waals surface area contributed by atoms with Crippen molar-refractivity contribution >= 4 is 11.5 Å². The molecular weight excluding hydrogens is 258 g/mol. The van der Waals surface area contributed by atoms with E-state index >= 15 is 0 Å². The highest BCUT2D eigenvalue weighted by Crippen LogP contribution is 2.22. The molecular formula is C19H21NO. The molecule has 2 aromatic carbocycles. The molecule has 2 atom stereocenters. The third-order valence-corrected chi connectivity index (χ3v) is 3.78. The third-order valence-electron chi connectivity index (χ3n) is 3.78. The van der Waals surface area contributed by atoms with Crippen molar-refractivity contribution in [2.45, 2.75) is 13.0 Å². The number of likely N-dealkylation sites (N-methyl/N-ethyl adjacent to an activating group) is 1. The van der Waals surface area contributed by atoms with Crippen LogP contribution in [-0.2, 0) is 0 Å². The van der Waals surface area contributed by atoms with Gasteiger partial charge >= 0.3 is 0 Å². The molecule has 21 heavy (non-hydrogen) atoms. The Hall–Kier alpha value is -2.35. The van der Waals surface area contributed by atoms with E-state index in [4.69, 9.17) is 0 Å². The molecule has 0 radical (unpaired) electrons. The Morgan fingerprint density at radius 1 is 1.05 bits per heavy atom. The van der Waals surface area contributed by atoms with E-state index in [1.54, 1.807) is 0 Å². The maximum Gasteiger partial charge on any atom is 0.185 e. The first-order chi connectivity index (χ1) is 10.1. The number of nitrogens with zero attached hydrogens (tertiary/aromatic N) is 1. The van der Waals surface area contributed by atoms with E-state index in [0.29, 0.717) is 0 Å². The van der Waals surface area contributed by atoms with Crippen molar-refractivity contribution in [3.63, 3.8) is 0 Å². The first kappa shape index (κ1) is 15.0. The lowest BCUT2D eigenvalue weighted by Crippen LogP contribution is -2.43. The van der Waals surface area contributed by atoms with Crippen LogP contribution in [-0.4, -0.2) is 18.9 Å². The monoisotopic (exact) mass is 279 g/mol. The summed E-state index contributed by atoms with van der Waals surface area (Å²) in [6, 6.07) is 19.1. The van der Waals surface area contributed by atoms with Crippen LogP contribution in [0.25, 0.3) is 0 Å². The van der Waals surface area contributed by atoms with Crippen LogP contribution in [0.1, 0.15) is 17.3 Å². The molecule has 2 nitrogen and oxygen atoms in total. The predicted molar refractivity (Wildman–Crippen MR) is 88.8 cm³/mol. The van der Waals surface area contributed by atoms with E-state index in [1.165, 1.54) is 0 Å². The number of Topliss-reactive ketones (excluding diaryl/α,β-unsaturated/α-hetero) is 1. The molecule has 2 aromatic rings. The average Bonchev–Trinajstić information content (AvgIpc) is 2.56. The number of carbonyl (C=O) groups is 1. The van der Waals surface area contributed by atoms with Gasteiger partial charge in [-0.1, -0.05) is 61.5 Å². The number of hydrogen-bond donors (Lipinski definition) is 0. The number of hydrogen-bond acceptors (Lipinski definition) is 2. The minimum Gasteiger partial charge on any atom is -0.364 e. The van der Waals surface area contributed by atoms with Crippen LogP contribution in [0.3, 0.4) is 0 Å². The summed E-state index contributed by atoms with van der Waals surface area (Å²) >= 11 is 0. The van der Waals surface area contributed by atoms with Gasteiger partial charge in [0.05, 0.1) is 6.04 Å². The summed E-state index contributed by atoms with van der Waals surface area (Å²) in [5.74, 6) is 0.178. The second kappa shape index (κ2) is 6.89. The van der Waals surface area contributed by atoms with Crippen molar-refractivity contribution in [2.24, 2.45) is 5.92 Å². The van der Waals surface area contributed by atoms with Gasteiger partial charge in [0.2, 0.25) is 0 Å². The third kappa shape index (κ3) is 3.40. The van der Waals surface area contributed by atoms with E-state index < -0.39 is 0 Å². The minimum absolute atomic E-state index is 0.0583. The van der Waals surface area contributed by atoms with Crippen LogP contribution in [0.5, 0.6) is 0 Å². The Balaban J connectivity index is 2.35. The van der Waals surface area contributed by atoms with E-state index in [1.807, 2.05) is 85.6 Å². The van der Waals surface area contributed by atoms with E-state index in [0.717, 1.165) is 11.3 Å². The fourth-order valence-electron chi connectivity index (χ4n) is 2.49. The maximum atomic E-state index is 12.9. The van der Waals surface area contributed by atoms with Crippen molar-refractivity contribution in [3.05, 3.63) is 78.9 Å². The second-order valence-electron chi connectivity index (χ2n) is 5.22. The predicted octanol–water partition coefficient (Wildman–Crippen LogP) is 4.20. The van der Waals surface area contributed by atoms with E-state index in [2.05, 4.69) is 6.58 Å². The summed E-state index contributed by atoms with van der Waals surface area (Å²) in [5, 5.41) is 0. The van der Waals surface area contributed by atoms with E-state index in [-0.39, 0.29) is 17.7 Å². The summed E-state index contributed by atoms with van der Waals surface area (Å²) in [4.78, 5) is 14.9. The molecule has 0 aliphatic heterocycles. The Kier molecular flexibility index (Phi) is 4.94. The van der Waals surface area contributed by atoms with Crippen LogP contribution in [0.2, 0.25) is 0 Å². The molecule has 0 saturated carbocycles.